The smallest absolute Gasteiger partial charge is 0.303 e. The Morgan fingerprint density at radius 2 is 2.24 bits per heavy atom. The Morgan fingerprint density at radius 1 is 1.47 bits per heavy atom. The number of ether oxygens (including phenoxy) is 1. The largest absolute Gasteiger partial charge is 0.464 e. The van der Waals surface area contributed by atoms with Crippen molar-refractivity contribution in [3.63, 3.8) is 0 Å². The number of hydrogen-bond acceptors (Lipinski definition) is 3. The van der Waals surface area contributed by atoms with Crippen LogP contribution >= 0.6 is 11.6 Å². The highest BCUT2D eigenvalue weighted by Crippen LogP contribution is 2.23. The molecule has 0 aliphatic carbocycles. The fraction of sp³-hybridized carbons (Fsp3) is 0.500. The summed E-state index contributed by atoms with van der Waals surface area (Å²) < 4.78 is 7.55. The van der Waals surface area contributed by atoms with Gasteiger partial charge in [-0.3, -0.25) is 0 Å². The molecule has 0 unspecified atom stereocenters. The summed E-state index contributed by atoms with van der Waals surface area (Å²) in [7, 11) is 0. The average molecular weight is 254 g/mol. The van der Waals surface area contributed by atoms with Gasteiger partial charge in [-0.2, -0.15) is 4.98 Å². The van der Waals surface area contributed by atoms with E-state index in [0.29, 0.717) is 23.7 Å². The Bertz CT molecular complexity index is 522. The maximum Gasteiger partial charge on any atom is 0.303 e. The number of rotatable bonds is 4. The topological polar surface area (TPSA) is 39.4 Å². The second-order valence-corrected chi connectivity index (χ2v) is 4.63. The molecule has 0 fully saturated rings. The molecule has 17 heavy (non-hydrogen) atoms. The molecule has 5 heteroatoms. The van der Waals surface area contributed by atoms with Crippen LogP contribution in [0.4, 0.5) is 0 Å². The van der Waals surface area contributed by atoms with Crippen LogP contribution in [0, 0.1) is 0 Å². The van der Waals surface area contributed by atoms with Crippen molar-refractivity contribution in [1.29, 1.82) is 0 Å². The number of nitrogens with zero attached hydrogens (tertiary/aromatic N) is 3. The van der Waals surface area contributed by atoms with E-state index < -0.39 is 0 Å². The van der Waals surface area contributed by atoms with Crippen LogP contribution < -0.4 is 4.74 Å². The summed E-state index contributed by atoms with van der Waals surface area (Å²) in [4.78, 5) is 8.61. The van der Waals surface area contributed by atoms with Crippen molar-refractivity contribution in [2.24, 2.45) is 0 Å². The van der Waals surface area contributed by atoms with Crippen molar-refractivity contribution < 1.29 is 4.74 Å². The molecule has 0 saturated carbocycles. The first-order valence-corrected chi connectivity index (χ1v) is 6.18. The molecule has 0 aromatic carbocycles. The van der Waals surface area contributed by atoms with Crippen LogP contribution in [0.3, 0.4) is 0 Å². The Kier molecular flexibility index (Phi) is 3.52. The molecule has 0 radical (unpaired) electrons. The van der Waals surface area contributed by atoms with E-state index in [0.717, 1.165) is 17.8 Å². The minimum absolute atomic E-state index is 0.310. The molecule has 0 spiro atoms. The number of imidazole rings is 1. The van der Waals surface area contributed by atoms with Crippen LogP contribution in [-0.4, -0.2) is 21.0 Å². The van der Waals surface area contributed by atoms with Gasteiger partial charge >= 0.3 is 6.01 Å². The molecule has 0 bridgehead atoms. The number of halogens is 1. The normalized spacial score (nSPS) is 11.4. The third-order valence-corrected chi connectivity index (χ3v) is 2.62. The highest BCUT2D eigenvalue weighted by atomic mass is 35.5. The van der Waals surface area contributed by atoms with Gasteiger partial charge in [0.15, 0.2) is 0 Å². The van der Waals surface area contributed by atoms with E-state index in [4.69, 9.17) is 16.3 Å². The molecule has 0 atom stereocenters. The van der Waals surface area contributed by atoms with Gasteiger partial charge in [-0.05, 0) is 6.42 Å². The van der Waals surface area contributed by atoms with Crippen molar-refractivity contribution in [3.8, 4) is 6.01 Å². The second-order valence-electron chi connectivity index (χ2n) is 4.24. The zero-order valence-electron chi connectivity index (χ0n) is 10.3. The van der Waals surface area contributed by atoms with Crippen molar-refractivity contribution in [3.05, 3.63) is 23.2 Å². The molecule has 0 aliphatic heterocycles. The first kappa shape index (κ1) is 12.2. The van der Waals surface area contributed by atoms with E-state index >= 15 is 0 Å². The molecule has 2 aromatic heterocycles. The van der Waals surface area contributed by atoms with E-state index in [1.807, 2.05) is 4.40 Å². The average Bonchev–Trinajstić information content (AvgIpc) is 2.69. The Morgan fingerprint density at radius 3 is 2.88 bits per heavy atom. The highest BCUT2D eigenvalue weighted by Gasteiger charge is 2.14. The lowest BCUT2D eigenvalue weighted by Crippen LogP contribution is -2.06. The highest BCUT2D eigenvalue weighted by molar-refractivity contribution is 6.29. The minimum atomic E-state index is 0.310. The van der Waals surface area contributed by atoms with Gasteiger partial charge in [-0.15, -0.1) is 0 Å². The third kappa shape index (κ3) is 2.36. The van der Waals surface area contributed by atoms with Crippen LogP contribution in [0.5, 0.6) is 6.01 Å². The van der Waals surface area contributed by atoms with Crippen LogP contribution in [0.2, 0.25) is 5.15 Å². The lowest BCUT2D eigenvalue weighted by molar-refractivity contribution is 0.286. The van der Waals surface area contributed by atoms with Gasteiger partial charge in [0.1, 0.15) is 11.0 Å². The third-order valence-electron chi connectivity index (χ3n) is 2.43. The van der Waals surface area contributed by atoms with Crippen molar-refractivity contribution in [2.45, 2.75) is 33.1 Å². The molecule has 2 aromatic rings. The van der Waals surface area contributed by atoms with E-state index in [-0.39, 0.29) is 0 Å². The van der Waals surface area contributed by atoms with Crippen LogP contribution in [0.15, 0.2) is 12.3 Å². The van der Waals surface area contributed by atoms with Gasteiger partial charge in [0, 0.05) is 12.0 Å². The molecule has 0 aliphatic rings. The molecule has 0 amide bonds. The van der Waals surface area contributed by atoms with Crippen molar-refractivity contribution in [1.82, 2.24) is 14.4 Å². The van der Waals surface area contributed by atoms with Gasteiger partial charge in [-0.25, -0.2) is 9.38 Å². The molecule has 4 nitrogen and oxygen atoms in total. The molecule has 0 saturated heterocycles. The maximum atomic E-state index is 5.96. The maximum absolute atomic E-state index is 5.96. The van der Waals surface area contributed by atoms with Gasteiger partial charge in [0.25, 0.3) is 0 Å². The quantitative estimate of drug-likeness (QED) is 0.785. The van der Waals surface area contributed by atoms with Crippen LogP contribution in [0.1, 0.15) is 38.9 Å². The first-order valence-electron chi connectivity index (χ1n) is 5.80. The Labute approximate surface area is 106 Å². The fourth-order valence-electron chi connectivity index (χ4n) is 1.68. The lowest BCUT2D eigenvalue weighted by Gasteiger charge is -2.10. The molecule has 92 valence electrons. The molecule has 0 N–H and O–H groups in total. The van der Waals surface area contributed by atoms with E-state index in [1.54, 1.807) is 12.3 Å². The predicted molar refractivity (Wildman–Crippen MR) is 67.9 cm³/mol. The summed E-state index contributed by atoms with van der Waals surface area (Å²) in [5, 5.41) is 0.429. The predicted octanol–water partition coefficient (Wildman–Crippen LogP) is 3.29. The van der Waals surface area contributed by atoms with Gasteiger partial charge in [-0.1, -0.05) is 32.4 Å². The van der Waals surface area contributed by atoms with Crippen LogP contribution in [0.25, 0.3) is 5.52 Å². The summed E-state index contributed by atoms with van der Waals surface area (Å²) in [6.45, 7) is 6.86. The number of fused-ring (bicyclic) bond motifs is 1. The van der Waals surface area contributed by atoms with Gasteiger partial charge in [0.05, 0.1) is 18.3 Å². The number of aromatic nitrogens is 3. The fourth-order valence-corrected chi connectivity index (χ4v) is 1.87. The minimum Gasteiger partial charge on any atom is -0.464 e. The molecule has 2 heterocycles. The van der Waals surface area contributed by atoms with Crippen molar-refractivity contribution >= 4 is 17.1 Å². The second kappa shape index (κ2) is 4.92. The Hall–Kier alpha value is -1.29. The zero-order valence-corrected chi connectivity index (χ0v) is 11.0. The number of hydrogen-bond donors (Lipinski definition) is 0. The van der Waals surface area contributed by atoms with Crippen molar-refractivity contribution in [2.75, 3.05) is 6.61 Å². The molecular formula is C12H16ClN3O. The van der Waals surface area contributed by atoms with Gasteiger partial charge in [0.2, 0.25) is 0 Å². The summed E-state index contributed by atoms with van der Waals surface area (Å²) >= 11 is 5.96. The molecule has 2 rings (SSSR count). The summed E-state index contributed by atoms with van der Waals surface area (Å²) in [6, 6.07) is 2.31. The van der Waals surface area contributed by atoms with E-state index in [1.165, 1.54) is 0 Å². The van der Waals surface area contributed by atoms with Crippen LogP contribution in [-0.2, 0) is 0 Å². The zero-order chi connectivity index (χ0) is 12.4. The standard InChI is InChI=1S/C12H16ClN3O/c1-4-5-17-12-15-10(13)6-9-7-14-11(8(2)3)16(9)12/h6-8H,4-5H2,1-3H3. The van der Waals surface area contributed by atoms with E-state index in [2.05, 4.69) is 30.7 Å². The van der Waals surface area contributed by atoms with Gasteiger partial charge < -0.3 is 4.74 Å². The molecular weight excluding hydrogens is 238 g/mol. The summed E-state index contributed by atoms with van der Waals surface area (Å²) in [5.41, 5.74) is 0.916. The van der Waals surface area contributed by atoms with E-state index in [9.17, 15) is 0 Å². The first-order chi connectivity index (χ1) is 8.13. The monoisotopic (exact) mass is 253 g/mol. The Balaban J connectivity index is 2.57. The SMILES string of the molecule is CCCOc1nc(Cl)cc2cnc(C(C)C)n12. The lowest BCUT2D eigenvalue weighted by atomic mass is 10.2. The summed E-state index contributed by atoms with van der Waals surface area (Å²) in [5.74, 6) is 1.25. The summed E-state index contributed by atoms with van der Waals surface area (Å²) in [6.07, 6.45) is 2.73.